The first-order chi connectivity index (χ1) is 2.93. The zero-order chi connectivity index (χ0) is 4.41. The second-order valence-electron chi connectivity index (χ2n) is 1.85. The van der Waals surface area contributed by atoms with Crippen LogP contribution in [0.25, 0.3) is 0 Å². The molecule has 0 aliphatic heterocycles. The Bertz CT molecular complexity index is 59.1. The van der Waals surface area contributed by atoms with Gasteiger partial charge in [-0.1, -0.05) is 0 Å². The molecule has 1 aliphatic rings. The van der Waals surface area contributed by atoms with Crippen LogP contribution in [0.1, 0.15) is 19.3 Å². The van der Waals surface area contributed by atoms with Gasteiger partial charge in [-0.3, -0.25) is 0 Å². The van der Waals surface area contributed by atoms with Crippen LogP contribution in [-0.2, 0) is 4.79 Å². The third kappa shape index (κ3) is 2.91. The summed E-state index contributed by atoms with van der Waals surface area (Å²) in [7, 11) is 0. The molecular formula is C5H9LiO. The Morgan fingerprint density at radius 3 is 2.29 bits per heavy atom. The maximum atomic E-state index is 9.66. The average Bonchev–Trinajstić information content (AvgIpc) is 2.21. The quantitative estimate of drug-likeness (QED) is 0.354. The molecule has 0 spiro atoms. The molecule has 0 aromatic rings. The normalized spacial score (nSPS) is 17.7. The summed E-state index contributed by atoms with van der Waals surface area (Å²) >= 11 is 0. The van der Waals surface area contributed by atoms with Crippen LogP contribution in [0.4, 0.5) is 0 Å². The Hall–Kier alpha value is 0.267. The molecule has 0 aromatic carbocycles. The van der Waals surface area contributed by atoms with E-state index in [1.807, 2.05) is 0 Å². The zero-order valence-electron chi connectivity index (χ0n) is 3.68. The SMILES string of the molecule is O=CCC1CC1.[LiH]. The van der Waals surface area contributed by atoms with Crippen LogP contribution in [-0.4, -0.2) is 25.1 Å². The van der Waals surface area contributed by atoms with Crippen LogP contribution < -0.4 is 0 Å². The van der Waals surface area contributed by atoms with Crippen molar-refractivity contribution in [3.8, 4) is 0 Å². The molecule has 1 rings (SSSR count). The second-order valence-corrected chi connectivity index (χ2v) is 1.85. The molecule has 0 bridgehead atoms. The van der Waals surface area contributed by atoms with E-state index < -0.39 is 0 Å². The van der Waals surface area contributed by atoms with Gasteiger partial charge in [-0.25, -0.2) is 0 Å². The fourth-order valence-corrected chi connectivity index (χ4v) is 0.490. The Balaban J connectivity index is 0.000000360. The van der Waals surface area contributed by atoms with E-state index in [2.05, 4.69) is 0 Å². The topological polar surface area (TPSA) is 17.1 Å². The van der Waals surface area contributed by atoms with E-state index in [0.717, 1.165) is 18.6 Å². The summed E-state index contributed by atoms with van der Waals surface area (Å²) in [5, 5.41) is 0. The van der Waals surface area contributed by atoms with Crippen molar-refractivity contribution < 1.29 is 4.79 Å². The fourth-order valence-electron chi connectivity index (χ4n) is 0.490. The molecule has 2 heteroatoms. The van der Waals surface area contributed by atoms with Gasteiger partial charge in [-0.15, -0.1) is 0 Å². The average molecular weight is 92.1 g/mol. The van der Waals surface area contributed by atoms with E-state index in [-0.39, 0.29) is 18.9 Å². The molecule has 7 heavy (non-hydrogen) atoms. The molecular weight excluding hydrogens is 83.0 g/mol. The predicted octanol–water partition coefficient (Wildman–Crippen LogP) is 0.337. The molecule has 0 saturated heterocycles. The molecule has 1 aliphatic carbocycles. The van der Waals surface area contributed by atoms with Crippen molar-refractivity contribution in [3.63, 3.8) is 0 Å². The van der Waals surface area contributed by atoms with E-state index in [0.29, 0.717) is 0 Å². The van der Waals surface area contributed by atoms with Gasteiger partial charge in [0.15, 0.2) is 0 Å². The molecule has 0 amide bonds. The van der Waals surface area contributed by atoms with Gasteiger partial charge >= 0.3 is 18.9 Å². The first-order valence-electron chi connectivity index (χ1n) is 2.37. The number of hydrogen-bond donors (Lipinski definition) is 0. The van der Waals surface area contributed by atoms with Crippen LogP contribution in [0.3, 0.4) is 0 Å². The molecule has 1 saturated carbocycles. The minimum absolute atomic E-state index is 0. The molecule has 0 N–H and O–H groups in total. The van der Waals surface area contributed by atoms with Gasteiger partial charge in [0.25, 0.3) is 0 Å². The van der Waals surface area contributed by atoms with Gasteiger partial charge in [-0.2, -0.15) is 0 Å². The number of aldehydes is 1. The van der Waals surface area contributed by atoms with Crippen molar-refractivity contribution in [1.82, 2.24) is 0 Å². The Labute approximate surface area is 55.7 Å². The van der Waals surface area contributed by atoms with Crippen molar-refractivity contribution in [2.75, 3.05) is 0 Å². The van der Waals surface area contributed by atoms with Crippen LogP contribution in [0.5, 0.6) is 0 Å². The third-order valence-corrected chi connectivity index (χ3v) is 1.13. The summed E-state index contributed by atoms with van der Waals surface area (Å²) in [4.78, 5) is 9.66. The second kappa shape index (κ2) is 3.29. The fraction of sp³-hybridized carbons (Fsp3) is 0.800. The molecule has 0 unspecified atom stereocenters. The molecule has 1 nitrogen and oxygen atoms in total. The van der Waals surface area contributed by atoms with Gasteiger partial charge in [0.2, 0.25) is 0 Å². The molecule has 36 valence electrons. The maximum absolute atomic E-state index is 9.66. The summed E-state index contributed by atoms with van der Waals surface area (Å²) < 4.78 is 0. The Morgan fingerprint density at radius 1 is 1.57 bits per heavy atom. The summed E-state index contributed by atoms with van der Waals surface area (Å²) in [5.74, 6) is 0.780. The van der Waals surface area contributed by atoms with Crippen molar-refractivity contribution >= 4 is 25.1 Å². The van der Waals surface area contributed by atoms with E-state index >= 15 is 0 Å². The standard InChI is InChI=1S/C5H8O.Li.H/c6-4-3-5-1-2-5;;/h4-5H,1-3H2;;. The van der Waals surface area contributed by atoms with E-state index in [1.54, 1.807) is 0 Å². The van der Waals surface area contributed by atoms with Gasteiger partial charge in [0.05, 0.1) is 0 Å². The molecule has 0 heterocycles. The number of hydrogen-bond acceptors (Lipinski definition) is 1. The van der Waals surface area contributed by atoms with Gasteiger partial charge in [0.1, 0.15) is 6.29 Å². The van der Waals surface area contributed by atoms with Crippen LogP contribution >= 0.6 is 0 Å². The molecule has 0 aromatic heterocycles. The van der Waals surface area contributed by atoms with Gasteiger partial charge in [-0.05, 0) is 18.8 Å². The van der Waals surface area contributed by atoms with Crippen LogP contribution in [0.2, 0.25) is 0 Å². The first-order valence-corrected chi connectivity index (χ1v) is 2.37. The Kier molecular flexibility index (Phi) is 3.42. The minimum atomic E-state index is 0. The van der Waals surface area contributed by atoms with Crippen LogP contribution in [0.15, 0.2) is 0 Å². The zero-order valence-corrected chi connectivity index (χ0v) is 3.68. The monoisotopic (exact) mass is 92.1 g/mol. The summed E-state index contributed by atoms with van der Waals surface area (Å²) in [5.41, 5.74) is 0. The molecule has 1 fully saturated rings. The molecule has 0 radical (unpaired) electrons. The predicted molar refractivity (Wildman–Crippen MR) is 30.6 cm³/mol. The van der Waals surface area contributed by atoms with Crippen molar-refractivity contribution in [3.05, 3.63) is 0 Å². The van der Waals surface area contributed by atoms with Crippen molar-refractivity contribution in [1.29, 1.82) is 0 Å². The van der Waals surface area contributed by atoms with Crippen LogP contribution in [0, 0.1) is 5.92 Å². The third-order valence-electron chi connectivity index (χ3n) is 1.13. The van der Waals surface area contributed by atoms with Crippen molar-refractivity contribution in [2.24, 2.45) is 5.92 Å². The first kappa shape index (κ1) is 7.27. The molecule has 0 atom stereocenters. The number of carbonyl (C=O) groups excluding carboxylic acids is 1. The summed E-state index contributed by atoms with van der Waals surface area (Å²) in [6.45, 7) is 0. The van der Waals surface area contributed by atoms with E-state index in [4.69, 9.17) is 0 Å². The van der Waals surface area contributed by atoms with Gasteiger partial charge < -0.3 is 4.79 Å². The summed E-state index contributed by atoms with van der Waals surface area (Å²) in [6.07, 6.45) is 4.40. The summed E-state index contributed by atoms with van der Waals surface area (Å²) in [6, 6.07) is 0. The van der Waals surface area contributed by atoms with E-state index in [1.165, 1.54) is 12.8 Å². The Morgan fingerprint density at radius 2 is 2.14 bits per heavy atom. The number of rotatable bonds is 2. The van der Waals surface area contributed by atoms with Gasteiger partial charge in [0, 0.05) is 6.42 Å². The number of carbonyl (C=O) groups is 1. The van der Waals surface area contributed by atoms with Crippen molar-refractivity contribution in [2.45, 2.75) is 19.3 Å². The van der Waals surface area contributed by atoms with E-state index in [9.17, 15) is 4.79 Å².